The summed E-state index contributed by atoms with van der Waals surface area (Å²) in [6, 6.07) is 8.04. The molecule has 0 amide bonds. The predicted octanol–water partition coefficient (Wildman–Crippen LogP) is 2.06. The molecule has 0 saturated carbocycles. The number of amidine groups is 1. The number of hydrogen-bond acceptors (Lipinski definition) is 5. The van der Waals surface area contributed by atoms with Crippen LogP contribution in [-0.2, 0) is 0 Å². The molecule has 2 aromatic rings. The lowest BCUT2D eigenvalue weighted by Crippen LogP contribution is -2.26. The van der Waals surface area contributed by atoms with Gasteiger partial charge in [0.25, 0.3) is 0 Å². The number of aryl methyl sites for hydroxylation is 1. The highest BCUT2D eigenvalue weighted by Gasteiger charge is 2.10. The molecule has 3 rings (SSSR count). The van der Waals surface area contributed by atoms with Crippen LogP contribution in [0.2, 0.25) is 0 Å². The maximum Gasteiger partial charge on any atom is 0.191 e. The second kappa shape index (κ2) is 5.14. The maximum absolute atomic E-state index is 5.59. The van der Waals surface area contributed by atoms with Crippen molar-refractivity contribution in [3.8, 4) is 11.3 Å². The summed E-state index contributed by atoms with van der Waals surface area (Å²) in [5.41, 5.74) is 2.04. The summed E-state index contributed by atoms with van der Waals surface area (Å²) < 4.78 is 5.59. The van der Waals surface area contributed by atoms with Crippen molar-refractivity contribution in [3.63, 3.8) is 0 Å². The highest BCUT2D eigenvalue weighted by molar-refractivity contribution is 5.88. The summed E-state index contributed by atoms with van der Waals surface area (Å²) in [6.45, 7) is 4.33. The van der Waals surface area contributed by atoms with E-state index in [4.69, 9.17) is 4.42 Å². The predicted molar refractivity (Wildman–Crippen MR) is 75.5 cm³/mol. The first-order chi connectivity index (χ1) is 9.33. The van der Waals surface area contributed by atoms with Crippen molar-refractivity contribution in [2.75, 3.05) is 25.0 Å². The average molecular weight is 256 g/mol. The van der Waals surface area contributed by atoms with Crippen molar-refractivity contribution in [2.24, 2.45) is 4.99 Å². The minimum absolute atomic E-state index is 0.673. The fourth-order valence-electron chi connectivity index (χ4n) is 2.08. The zero-order valence-corrected chi connectivity index (χ0v) is 10.8. The zero-order valence-electron chi connectivity index (χ0n) is 10.8. The summed E-state index contributed by atoms with van der Waals surface area (Å²) in [5.74, 6) is 2.46. The summed E-state index contributed by atoms with van der Waals surface area (Å²) in [7, 11) is 0. The maximum atomic E-state index is 5.59. The molecule has 0 atom stereocenters. The summed E-state index contributed by atoms with van der Waals surface area (Å²) >= 11 is 0. The molecule has 0 radical (unpaired) electrons. The number of rotatable bonds is 4. The molecule has 0 fully saturated rings. The smallest absolute Gasteiger partial charge is 0.191 e. The number of hydrogen-bond donors (Lipinski definition) is 2. The second-order valence-corrected chi connectivity index (χ2v) is 4.40. The van der Waals surface area contributed by atoms with E-state index in [0.717, 1.165) is 35.9 Å². The van der Waals surface area contributed by atoms with Gasteiger partial charge in [0, 0.05) is 24.7 Å². The Hall–Kier alpha value is -2.30. The van der Waals surface area contributed by atoms with Crippen LogP contribution in [0.5, 0.6) is 0 Å². The van der Waals surface area contributed by atoms with E-state index in [-0.39, 0.29) is 0 Å². The van der Waals surface area contributed by atoms with E-state index < -0.39 is 0 Å². The Morgan fingerprint density at radius 1 is 1.37 bits per heavy atom. The lowest BCUT2D eigenvalue weighted by molar-refractivity contribution is 0.534. The van der Waals surface area contributed by atoms with Crippen molar-refractivity contribution in [3.05, 3.63) is 36.4 Å². The largest absolute Gasteiger partial charge is 0.441 e. The van der Waals surface area contributed by atoms with Crippen molar-refractivity contribution < 1.29 is 4.42 Å². The molecule has 0 bridgehead atoms. The van der Waals surface area contributed by atoms with Crippen molar-refractivity contribution in [1.82, 2.24) is 10.3 Å². The standard InChI is InChI=1S/C14H16N4O/c1-10-17-8-13(19-10)11-4-2-3-5-12(11)18-9-14-15-6-7-16-14/h2-5,8,18H,6-7,9H2,1H3,(H,15,16). The van der Waals surface area contributed by atoms with E-state index in [1.165, 1.54) is 0 Å². The molecular weight excluding hydrogens is 240 g/mol. The minimum Gasteiger partial charge on any atom is -0.441 e. The number of aromatic nitrogens is 1. The molecule has 1 aromatic heterocycles. The fraction of sp³-hybridized carbons (Fsp3) is 0.286. The summed E-state index contributed by atoms with van der Waals surface area (Å²) in [6.07, 6.45) is 1.75. The van der Waals surface area contributed by atoms with Gasteiger partial charge in [-0.05, 0) is 12.1 Å². The van der Waals surface area contributed by atoms with E-state index in [1.807, 2.05) is 31.2 Å². The number of nitrogens with one attached hydrogen (secondary N) is 2. The Morgan fingerprint density at radius 2 is 2.26 bits per heavy atom. The van der Waals surface area contributed by atoms with Crippen LogP contribution >= 0.6 is 0 Å². The van der Waals surface area contributed by atoms with Gasteiger partial charge in [0.15, 0.2) is 11.7 Å². The van der Waals surface area contributed by atoms with Gasteiger partial charge in [0.1, 0.15) is 5.84 Å². The SMILES string of the molecule is Cc1ncc(-c2ccccc2NCC2=NCCN2)o1. The molecule has 2 heterocycles. The van der Waals surface area contributed by atoms with Crippen LogP contribution in [0, 0.1) is 6.92 Å². The lowest BCUT2D eigenvalue weighted by atomic mass is 10.1. The highest BCUT2D eigenvalue weighted by atomic mass is 16.4. The minimum atomic E-state index is 0.673. The molecule has 0 saturated heterocycles. The van der Waals surface area contributed by atoms with E-state index in [9.17, 15) is 0 Å². The highest BCUT2D eigenvalue weighted by Crippen LogP contribution is 2.28. The van der Waals surface area contributed by atoms with Crippen LogP contribution < -0.4 is 10.6 Å². The molecule has 0 aliphatic carbocycles. The molecule has 5 nitrogen and oxygen atoms in total. The molecule has 1 aromatic carbocycles. The van der Waals surface area contributed by atoms with Crippen LogP contribution in [-0.4, -0.2) is 30.5 Å². The molecule has 0 unspecified atom stereocenters. The first kappa shape index (κ1) is 11.8. The van der Waals surface area contributed by atoms with Crippen molar-refractivity contribution in [2.45, 2.75) is 6.92 Å². The van der Waals surface area contributed by atoms with Gasteiger partial charge >= 0.3 is 0 Å². The molecule has 98 valence electrons. The Bertz CT molecular complexity index is 603. The van der Waals surface area contributed by atoms with Crippen LogP contribution in [0.4, 0.5) is 5.69 Å². The molecule has 2 N–H and O–H groups in total. The molecule has 1 aliphatic heterocycles. The topological polar surface area (TPSA) is 62.5 Å². The number of anilines is 1. The van der Waals surface area contributed by atoms with Crippen molar-refractivity contribution >= 4 is 11.5 Å². The van der Waals surface area contributed by atoms with Gasteiger partial charge in [0.05, 0.1) is 19.3 Å². The number of para-hydroxylation sites is 1. The van der Waals surface area contributed by atoms with Gasteiger partial charge in [-0.25, -0.2) is 4.98 Å². The van der Waals surface area contributed by atoms with E-state index in [0.29, 0.717) is 12.4 Å². The van der Waals surface area contributed by atoms with Gasteiger partial charge in [-0.1, -0.05) is 12.1 Å². The van der Waals surface area contributed by atoms with Crippen LogP contribution in [0.25, 0.3) is 11.3 Å². The van der Waals surface area contributed by atoms with Gasteiger partial charge in [-0.15, -0.1) is 0 Å². The third-order valence-corrected chi connectivity index (χ3v) is 3.00. The van der Waals surface area contributed by atoms with E-state index >= 15 is 0 Å². The van der Waals surface area contributed by atoms with Gasteiger partial charge in [-0.3, -0.25) is 4.99 Å². The van der Waals surface area contributed by atoms with Crippen LogP contribution in [0.15, 0.2) is 39.9 Å². The van der Waals surface area contributed by atoms with E-state index in [1.54, 1.807) is 6.20 Å². The summed E-state index contributed by atoms with van der Waals surface area (Å²) in [4.78, 5) is 8.51. The third kappa shape index (κ3) is 2.59. The second-order valence-electron chi connectivity index (χ2n) is 4.40. The zero-order chi connectivity index (χ0) is 13.1. The molecular formula is C14H16N4O. The van der Waals surface area contributed by atoms with Crippen molar-refractivity contribution in [1.29, 1.82) is 0 Å². The normalized spacial score (nSPS) is 14.1. The lowest BCUT2D eigenvalue weighted by Gasteiger charge is -2.10. The van der Waals surface area contributed by atoms with Crippen LogP contribution in [0.3, 0.4) is 0 Å². The molecule has 1 aliphatic rings. The van der Waals surface area contributed by atoms with Gasteiger partial charge in [-0.2, -0.15) is 0 Å². The van der Waals surface area contributed by atoms with Gasteiger partial charge < -0.3 is 15.1 Å². The Labute approximate surface area is 111 Å². The summed E-state index contributed by atoms with van der Waals surface area (Å²) in [5, 5.41) is 6.62. The number of nitrogens with zero attached hydrogens (tertiary/aromatic N) is 2. The third-order valence-electron chi connectivity index (χ3n) is 3.00. The molecule has 5 heteroatoms. The van der Waals surface area contributed by atoms with Crippen LogP contribution in [0.1, 0.15) is 5.89 Å². The average Bonchev–Trinajstić information content (AvgIpc) is 3.08. The Kier molecular flexibility index (Phi) is 3.18. The number of benzene rings is 1. The first-order valence-electron chi connectivity index (χ1n) is 6.36. The quantitative estimate of drug-likeness (QED) is 0.879. The van der Waals surface area contributed by atoms with E-state index in [2.05, 4.69) is 20.6 Å². The monoisotopic (exact) mass is 256 g/mol. The molecule has 0 spiro atoms. The number of aliphatic imine (C=N–C) groups is 1. The first-order valence-corrected chi connectivity index (χ1v) is 6.36. The van der Waals surface area contributed by atoms with Gasteiger partial charge in [0.2, 0.25) is 0 Å². The Balaban J connectivity index is 1.81. The fourth-order valence-corrected chi connectivity index (χ4v) is 2.08. The number of oxazole rings is 1. The molecule has 19 heavy (non-hydrogen) atoms. The Morgan fingerprint density at radius 3 is 3.00 bits per heavy atom.